The van der Waals surface area contributed by atoms with Crippen molar-refractivity contribution >= 4 is 11.6 Å². The van der Waals surface area contributed by atoms with Crippen molar-refractivity contribution < 1.29 is 13.6 Å². The standard InChI is InChI=1S/C23H28F2N2O/c1-2-23(28)27(22-8-6-20(24)7-9-22)17-19-11-14-26(15-12-19)13-10-18-4-3-5-21(25)16-18/h3-9,16,19H,2,10-15,17H2,1H3. The molecule has 0 aliphatic carbocycles. The summed E-state index contributed by atoms with van der Waals surface area (Å²) in [5.74, 6) is 0.0306. The number of nitrogens with zero attached hydrogens (tertiary/aromatic N) is 2. The van der Waals surface area contributed by atoms with E-state index >= 15 is 0 Å². The molecular weight excluding hydrogens is 358 g/mol. The minimum atomic E-state index is -0.292. The topological polar surface area (TPSA) is 23.6 Å². The van der Waals surface area contributed by atoms with Gasteiger partial charge in [-0.05, 0) is 80.2 Å². The van der Waals surface area contributed by atoms with Gasteiger partial charge in [0.25, 0.3) is 0 Å². The fourth-order valence-electron chi connectivity index (χ4n) is 3.79. The molecule has 0 atom stereocenters. The van der Waals surface area contributed by atoms with E-state index in [2.05, 4.69) is 4.90 Å². The van der Waals surface area contributed by atoms with Gasteiger partial charge < -0.3 is 9.80 Å². The predicted molar refractivity (Wildman–Crippen MR) is 108 cm³/mol. The number of halogens is 2. The van der Waals surface area contributed by atoms with Crippen LogP contribution in [0.4, 0.5) is 14.5 Å². The zero-order valence-electron chi connectivity index (χ0n) is 16.4. The van der Waals surface area contributed by atoms with Gasteiger partial charge in [-0.15, -0.1) is 0 Å². The number of benzene rings is 2. The maximum Gasteiger partial charge on any atom is 0.226 e. The Bertz CT molecular complexity index is 770. The summed E-state index contributed by atoms with van der Waals surface area (Å²) >= 11 is 0. The van der Waals surface area contributed by atoms with Gasteiger partial charge in [-0.1, -0.05) is 19.1 Å². The number of likely N-dealkylation sites (tertiary alicyclic amines) is 1. The molecule has 1 heterocycles. The molecule has 150 valence electrons. The Morgan fingerprint density at radius 1 is 1.07 bits per heavy atom. The van der Waals surface area contributed by atoms with E-state index in [1.165, 1.54) is 18.2 Å². The maximum atomic E-state index is 13.3. The third-order valence-corrected chi connectivity index (χ3v) is 5.50. The predicted octanol–water partition coefficient (Wildman–Crippen LogP) is 4.66. The van der Waals surface area contributed by atoms with E-state index in [9.17, 15) is 13.6 Å². The van der Waals surface area contributed by atoms with Gasteiger partial charge >= 0.3 is 0 Å². The van der Waals surface area contributed by atoms with E-state index < -0.39 is 0 Å². The summed E-state index contributed by atoms with van der Waals surface area (Å²) in [6, 6.07) is 13.0. The van der Waals surface area contributed by atoms with Crippen LogP contribution in [0.25, 0.3) is 0 Å². The molecule has 1 fully saturated rings. The lowest BCUT2D eigenvalue weighted by molar-refractivity contribution is -0.118. The molecule has 2 aromatic rings. The average molecular weight is 386 g/mol. The van der Waals surface area contributed by atoms with Gasteiger partial charge in [-0.3, -0.25) is 4.79 Å². The summed E-state index contributed by atoms with van der Waals surface area (Å²) in [5, 5.41) is 0. The lowest BCUT2D eigenvalue weighted by Gasteiger charge is -2.35. The third kappa shape index (κ3) is 5.61. The van der Waals surface area contributed by atoms with E-state index in [1.807, 2.05) is 13.0 Å². The summed E-state index contributed by atoms with van der Waals surface area (Å²) in [6.45, 7) is 5.42. The van der Waals surface area contributed by atoms with Crippen LogP contribution >= 0.6 is 0 Å². The Hall–Kier alpha value is -2.27. The van der Waals surface area contributed by atoms with Crippen molar-refractivity contribution in [3.8, 4) is 0 Å². The molecule has 3 nitrogen and oxygen atoms in total. The Morgan fingerprint density at radius 3 is 2.43 bits per heavy atom. The molecule has 1 amide bonds. The van der Waals surface area contributed by atoms with Crippen LogP contribution in [0.15, 0.2) is 48.5 Å². The quantitative estimate of drug-likeness (QED) is 0.691. The van der Waals surface area contributed by atoms with Crippen LogP contribution in [0.1, 0.15) is 31.7 Å². The maximum absolute atomic E-state index is 13.3. The minimum absolute atomic E-state index is 0.0696. The van der Waals surface area contributed by atoms with E-state index in [4.69, 9.17) is 0 Å². The average Bonchev–Trinajstić information content (AvgIpc) is 2.72. The fourth-order valence-corrected chi connectivity index (χ4v) is 3.79. The normalized spacial score (nSPS) is 15.5. The monoisotopic (exact) mass is 386 g/mol. The molecule has 1 aliphatic heterocycles. The number of hydrogen-bond acceptors (Lipinski definition) is 2. The van der Waals surface area contributed by atoms with Gasteiger partial charge in [0.2, 0.25) is 5.91 Å². The number of amides is 1. The highest BCUT2D eigenvalue weighted by Gasteiger charge is 2.24. The summed E-state index contributed by atoms with van der Waals surface area (Å²) in [7, 11) is 0. The number of hydrogen-bond donors (Lipinski definition) is 0. The second-order valence-electron chi connectivity index (χ2n) is 7.50. The molecule has 2 aromatic carbocycles. The van der Waals surface area contributed by atoms with Crippen LogP contribution in [-0.2, 0) is 11.2 Å². The molecule has 1 aliphatic rings. The molecule has 28 heavy (non-hydrogen) atoms. The summed E-state index contributed by atoms with van der Waals surface area (Å²) in [6.07, 6.45) is 3.33. The third-order valence-electron chi connectivity index (χ3n) is 5.50. The molecule has 1 saturated heterocycles. The smallest absolute Gasteiger partial charge is 0.226 e. The van der Waals surface area contributed by atoms with Crippen molar-refractivity contribution in [2.75, 3.05) is 31.1 Å². The SMILES string of the molecule is CCC(=O)N(CC1CCN(CCc2cccc(F)c2)CC1)c1ccc(F)cc1. The molecule has 0 spiro atoms. The van der Waals surface area contributed by atoms with Gasteiger partial charge in [0.1, 0.15) is 11.6 Å². The van der Waals surface area contributed by atoms with Crippen molar-refractivity contribution in [3.63, 3.8) is 0 Å². The van der Waals surface area contributed by atoms with Crippen molar-refractivity contribution in [2.24, 2.45) is 5.92 Å². The largest absolute Gasteiger partial charge is 0.312 e. The van der Waals surface area contributed by atoms with Gasteiger partial charge in [0.05, 0.1) is 0 Å². The van der Waals surface area contributed by atoms with Gasteiger partial charge in [0.15, 0.2) is 0 Å². The van der Waals surface area contributed by atoms with Gasteiger partial charge in [0, 0.05) is 25.2 Å². The highest BCUT2D eigenvalue weighted by atomic mass is 19.1. The Kier molecular flexibility index (Phi) is 7.15. The second kappa shape index (κ2) is 9.78. The number of carbonyl (C=O) groups excluding carboxylic acids is 1. The van der Waals surface area contributed by atoms with Crippen molar-refractivity contribution in [3.05, 3.63) is 65.7 Å². The lowest BCUT2D eigenvalue weighted by Crippen LogP contribution is -2.41. The van der Waals surface area contributed by atoms with Crippen LogP contribution < -0.4 is 4.90 Å². The van der Waals surface area contributed by atoms with Crippen molar-refractivity contribution in [1.29, 1.82) is 0 Å². The van der Waals surface area contributed by atoms with Gasteiger partial charge in [-0.25, -0.2) is 8.78 Å². The highest BCUT2D eigenvalue weighted by molar-refractivity contribution is 5.93. The zero-order chi connectivity index (χ0) is 19.9. The first-order valence-corrected chi connectivity index (χ1v) is 10.1. The number of rotatable bonds is 7. The molecule has 0 aromatic heterocycles. The van der Waals surface area contributed by atoms with Crippen LogP contribution in [0.2, 0.25) is 0 Å². The van der Waals surface area contributed by atoms with E-state index in [0.29, 0.717) is 18.9 Å². The van der Waals surface area contributed by atoms with E-state index in [-0.39, 0.29) is 17.5 Å². The molecule has 0 radical (unpaired) electrons. The van der Waals surface area contributed by atoms with Crippen LogP contribution in [0, 0.1) is 17.6 Å². The Balaban J connectivity index is 1.51. The molecule has 0 unspecified atom stereocenters. The Labute approximate surface area is 166 Å². The minimum Gasteiger partial charge on any atom is -0.312 e. The zero-order valence-corrected chi connectivity index (χ0v) is 16.4. The van der Waals surface area contributed by atoms with E-state index in [1.54, 1.807) is 29.2 Å². The molecule has 0 N–H and O–H groups in total. The van der Waals surface area contributed by atoms with Crippen molar-refractivity contribution in [1.82, 2.24) is 4.90 Å². The molecular formula is C23H28F2N2O. The van der Waals surface area contributed by atoms with Gasteiger partial charge in [-0.2, -0.15) is 0 Å². The van der Waals surface area contributed by atoms with Crippen LogP contribution in [0.3, 0.4) is 0 Å². The summed E-state index contributed by atoms with van der Waals surface area (Å²) in [4.78, 5) is 16.6. The van der Waals surface area contributed by atoms with E-state index in [0.717, 1.165) is 50.1 Å². The number of anilines is 1. The second-order valence-corrected chi connectivity index (χ2v) is 7.50. The molecule has 0 saturated carbocycles. The first kappa shape index (κ1) is 20.5. The molecule has 3 rings (SSSR count). The first-order valence-electron chi connectivity index (χ1n) is 10.1. The molecule has 5 heteroatoms. The number of carbonyl (C=O) groups is 1. The summed E-state index contributed by atoms with van der Waals surface area (Å²) in [5.41, 5.74) is 1.79. The Morgan fingerprint density at radius 2 is 1.79 bits per heavy atom. The fraction of sp³-hybridized carbons (Fsp3) is 0.435. The van der Waals surface area contributed by atoms with Crippen LogP contribution in [-0.4, -0.2) is 37.0 Å². The van der Waals surface area contributed by atoms with Crippen molar-refractivity contribution in [2.45, 2.75) is 32.6 Å². The summed E-state index contributed by atoms with van der Waals surface area (Å²) < 4.78 is 26.5. The number of piperidine rings is 1. The van der Waals surface area contributed by atoms with Crippen LogP contribution in [0.5, 0.6) is 0 Å². The highest BCUT2D eigenvalue weighted by Crippen LogP contribution is 2.23. The lowest BCUT2D eigenvalue weighted by atomic mass is 9.95. The first-order chi connectivity index (χ1) is 13.5. The molecule has 0 bridgehead atoms.